The summed E-state index contributed by atoms with van der Waals surface area (Å²) in [5, 5.41) is 9.14. The lowest BCUT2D eigenvalue weighted by Crippen LogP contribution is -2.20. The van der Waals surface area contributed by atoms with Gasteiger partial charge in [0.05, 0.1) is 10.0 Å². The van der Waals surface area contributed by atoms with E-state index in [1.165, 1.54) is 0 Å². The summed E-state index contributed by atoms with van der Waals surface area (Å²) in [4.78, 5) is 0. The van der Waals surface area contributed by atoms with Crippen molar-refractivity contribution in [3.05, 3.63) is 52.3 Å². The summed E-state index contributed by atoms with van der Waals surface area (Å²) >= 11 is 3.42. The van der Waals surface area contributed by atoms with Crippen LogP contribution in [-0.4, -0.2) is 0 Å². The van der Waals surface area contributed by atoms with E-state index in [0.717, 1.165) is 10.0 Å². The fourth-order valence-corrected chi connectivity index (χ4v) is 2.41. The van der Waals surface area contributed by atoms with Gasteiger partial charge in [-0.3, -0.25) is 0 Å². The summed E-state index contributed by atoms with van der Waals surface area (Å²) in [6.07, 6.45) is 2.45. The van der Waals surface area contributed by atoms with E-state index in [9.17, 15) is 0 Å². The van der Waals surface area contributed by atoms with Gasteiger partial charge in [-0.2, -0.15) is 5.26 Å². The minimum absolute atomic E-state index is 0.0706. The van der Waals surface area contributed by atoms with Crippen LogP contribution in [0.1, 0.15) is 17.9 Å². The number of rotatable bonds is 2. The molecule has 4 heteroatoms. The normalized spacial score (nSPS) is 18.0. The van der Waals surface area contributed by atoms with Crippen LogP contribution >= 0.6 is 15.9 Å². The Hall–Kier alpha value is -1.73. The van der Waals surface area contributed by atoms with Gasteiger partial charge in [0, 0.05) is 11.5 Å². The molecule has 0 saturated heterocycles. The number of para-hydroxylation sites is 1. The molecule has 0 amide bonds. The molecule has 1 unspecified atom stereocenters. The molecule has 0 aliphatic carbocycles. The van der Waals surface area contributed by atoms with Crippen LogP contribution in [0, 0.1) is 11.3 Å². The van der Waals surface area contributed by atoms with Gasteiger partial charge in [-0.15, -0.1) is 6.58 Å². The van der Waals surface area contributed by atoms with Crippen molar-refractivity contribution in [3.63, 3.8) is 0 Å². The Bertz CT molecular complexity index is 543. The van der Waals surface area contributed by atoms with E-state index in [1.54, 1.807) is 6.08 Å². The summed E-state index contributed by atoms with van der Waals surface area (Å²) in [5.74, 6) is 0.799. The Morgan fingerprint density at radius 3 is 3.00 bits per heavy atom. The molecule has 0 fully saturated rings. The van der Waals surface area contributed by atoms with E-state index in [0.29, 0.717) is 17.7 Å². The molecule has 1 heterocycles. The lowest BCUT2D eigenvalue weighted by molar-refractivity contribution is 0.386. The second-order valence-corrected chi connectivity index (χ2v) is 4.58. The van der Waals surface area contributed by atoms with E-state index in [1.807, 2.05) is 18.2 Å². The highest BCUT2D eigenvalue weighted by Gasteiger charge is 2.29. The van der Waals surface area contributed by atoms with Crippen molar-refractivity contribution in [2.45, 2.75) is 12.3 Å². The first-order chi connectivity index (χ1) is 8.19. The Morgan fingerprint density at radius 1 is 1.59 bits per heavy atom. The number of nitrogens with two attached hydrogens (primary N) is 1. The molecule has 1 aliphatic heterocycles. The zero-order valence-corrected chi connectivity index (χ0v) is 10.7. The molecule has 86 valence electrons. The third-order valence-corrected chi connectivity index (χ3v) is 3.35. The molecule has 1 aromatic rings. The SMILES string of the molecule is C=CCC1C(C#N)=C(N)Oc2c(Br)cccc21. The van der Waals surface area contributed by atoms with E-state index in [2.05, 4.69) is 28.6 Å². The van der Waals surface area contributed by atoms with Crippen molar-refractivity contribution in [1.82, 2.24) is 0 Å². The van der Waals surface area contributed by atoms with Crippen LogP contribution in [0.5, 0.6) is 5.75 Å². The van der Waals surface area contributed by atoms with Crippen molar-refractivity contribution in [3.8, 4) is 11.8 Å². The smallest absolute Gasteiger partial charge is 0.205 e. The Balaban J connectivity index is 2.60. The highest BCUT2D eigenvalue weighted by Crippen LogP contribution is 2.43. The van der Waals surface area contributed by atoms with Crippen LogP contribution in [0.3, 0.4) is 0 Å². The lowest BCUT2D eigenvalue weighted by atomic mass is 9.87. The zero-order chi connectivity index (χ0) is 12.4. The van der Waals surface area contributed by atoms with Gasteiger partial charge in [-0.05, 0) is 28.4 Å². The molecule has 2 rings (SSSR count). The maximum absolute atomic E-state index is 9.14. The van der Waals surface area contributed by atoms with Crippen LogP contribution in [0.2, 0.25) is 0 Å². The van der Waals surface area contributed by atoms with Gasteiger partial charge in [-0.1, -0.05) is 18.2 Å². The van der Waals surface area contributed by atoms with E-state index in [4.69, 9.17) is 15.7 Å². The van der Waals surface area contributed by atoms with Gasteiger partial charge < -0.3 is 10.5 Å². The fraction of sp³-hybridized carbons (Fsp3) is 0.154. The van der Waals surface area contributed by atoms with E-state index < -0.39 is 0 Å². The number of fused-ring (bicyclic) bond motifs is 1. The Morgan fingerprint density at radius 2 is 2.35 bits per heavy atom. The largest absolute Gasteiger partial charge is 0.439 e. The molecule has 1 aliphatic rings. The molecular formula is C13H11BrN2O. The average molecular weight is 291 g/mol. The molecule has 0 saturated carbocycles. The minimum Gasteiger partial charge on any atom is -0.439 e. The van der Waals surface area contributed by atoms with Crippen molar-refractivity contribution >= 4 is 15.9 Å². The molecule has 1 atom stereocenters. The average Bonchev–Trinajstić information content (AvgIpc) is 2.31. The predicted molar refractivity (Wildman–Crippen MR) is 69.2 cm³/mol. The molecule has 3 nitrogen and oxygen atoms in total. The molecule has 0 spiro atoms. The number of allylic oxidation sites excluding steroid dienone is 2. The van der Waals surface area contributed by atoms with Gasteiger partial charge in [0.2, 0.25) is 5.88 Å². The molecule has 17 heavy (non-hydrogen) atoms. The van der Waals surface area contributed by atoms with Crippen LogP contribution < -0.4 is 10.5 Å². The molecule has 1 aromatic carbocycles. The van der Waals surface area contributed by atoms with Crippen molar-refractivity contribution in [2.24, 2.45) is 5.73 Å². The van der Waals surface area contributed by atoms with Crippen molar-refractivity contribution in [2.75, 3.05) is 0 Å². The standard InChI is InChI=1S/C13H11BrN2O/c1-2-4-8-9-5-3-6-11(14)12(9)17-13(16)10(8)7-15/h2-3,5-6,8H,1,4,16H2. The van der Waals surface area contributed by atoms with Gasteiger partial charge in [0.25, 0.3) is 0 Å². The third kappa shape index (κ3) is 1.94. The van der Waals surface area contributed by atoms with Crippen LogP contribution in [0.15, 0.2) is 46.8 Å². The molecule has 2 N–H and O–H groups in total. The number of halogens is 1. The summed E-state index contributed by atoms with van der Waals surface area (Å²) in [6.45, 7) is 3.72. The first-order valence-corrected chi connectivity index (χ1v) is 5.95. The van der Waals surface area contributed by atoms with Crippen LogP contribution in [0.4, 0.5) is 0 Å². The summed E-state index contributed by atoms with van der Waals surface area (Å²) in [6, 6.07) is 7.86. The topological polar surface area (TPSA) is 59.0 Å². The zero-order valence-electron chi connectivity index (χ0n) is 9.11. The predicted octanol–water partition coefficient (Wildman–Crippen LogP) is 3.20. The first-order valence-electron chi connectivity index (χ1n) is 5.16. The summed E-state index contributed by atoms with van der Waals surface area (Å²) in [5.41, 5.74) is 7.20. The molecule has 0 bridgehead atoms. The van der Waals surface area contributed by atoms with E-state index in [-0.39, 0.29) is 11.8 Å². The quantitative estimate of drug-likeness (QED) is 0.851. The van der Waals surface area contributed by atoms with Crippen molar-refractivity contribution < 1.29 is 4.74 Å². The van der Waals surface area contributed by atoms with Crippen LogP contribution in [-0.2, 0) is 0 Å². The minimum atomic E-state index is -0.0706. The number of ether oxygens (including phenoxy) is 1. The lowest BCUT2D eigenvalue weighted by Gasteiger charge is -2.25. The highest BCUT2D eigenvalue weighted by atomic mass is 79.9. The molecular weight excluding hydrogens is 280 g/mol. The molecule has 0 aromatic heterocycles. The number of benzene rings is 1. The monoisotopic (exact) mass is 290 g/mol. The van der Waals surface area contributed by atoms with Gasteiger partial charge >= 0.3 is 0 Å². The third-order valence-electron chi connectivity index (χ3n) is 2.72. The highest BCUT2D eigenvalue weighted by molar-refractivity contribution is 9.10. The maximum atomic E-state index is 9.14. The summed E-state index contributed by atoms with van der Waals surface area (Å²) < 4.78 is 6.33. The Labute approximate surface area is 108 Å². The van der Waals surface area contributed by atoms with E-state index >= 15 is 0 Å². The first kappa shape index (κ1) is 11.7. The van der Waals surface area contributed by atoms with Gasteiger partial charge in [-0.25, -0.2) is 0 Å². The second kappa shape index (κ2) is 4.64. The van der Waals surface area contributed by atoms with Gasteiger partial charge in [0.1, 0.15) is 11.8 Å². The number of hydrogen-bond donors (Lipinski definition) is 1. The number of nitriles is 1. The fourth-order valence-electron chi connectivity index (χ4n) is 1.94. The Kier molecular flexibility index (Phi) is 3.21. The maximum Gasteiger partial charge on any atom is 0.205 e. The molecule has 0 radical (unpaired) electrons. The van der Waals surface area contributed by atoms with Gasteiger partial charge in [0.15, 0.2) is 0 Å². The summed E-state index contributed by atoms with van der Waals surface area (Å²) in [7, 11) is 0. The number of nitrogens with zero attached hydrogens (tertiary/aromatic N) is 1. The number of hydrogen-bond acceptors (Lipinski definition) is 3. The van der Waals surface area contributed by atoms with Crippen molar-refractivity contribution in [1.29, 1.82) is 5.26 Å². The van der Waals surface area contributed by atoms with Crippen LogP contribution in [0.25, 0.3) is 0 Å². The second-order valence-electron chi connectivity index (χ2n) is 3.73.